The van der Waals surface area contributed by atoms with E-state index in [1.807, 2.05) is 42.5 Å². The molecule has 0 amide bonds. The van der Waals surface area contributed by atoms with E-state index in [0.29, 0.717) is 11.1 Å². The number of hydrogen-bond acceptors (Lipinski definition) is 4. The van der Waals surface area contributed by atoms with Crippen molar-refractivity contribution in [3.05, 3.63) is 242 Å². The van der Waals surface area contributed by atoms with Gasteiger partial charge in [0.05, 0.1) is 40.0 Å². The zero-order valence-corrected chi connectivity index (χ0v) is 36.8. The maximum atomic E-state index is 10.0. The van der Waals surface area contributed by atoms with Crippen LogP contribution >= 0.6 is 0 Å². The van der Waals surface area contributed by atoms with Gasteiger partial charge in [-0.15, -0.1) is 0 Å². The first kappa shape index (κ1) is 39.0. The van der Waals surface area contributed by atoms with Crippen molar-refractivity contribution >= 4 is 79.0 Å². The van der Waals surface area contributed by atoms with Crippen LogP contribution < -0.4 is 26.2 Å². The number of rotatable bonds is 6. The fourth-order valence-corrected chi connectivity index (χ4v) is 10.9. The zero-order chi connectivity index (χ0) is 45.3. The summed E-state index contributed by atoms with van der Waals surface area (Å²) in [4.78, 5) is 4.91. The van der Waals surface area contributed by atoms with E-state index in [1.165, 1.54) is 27.8 Å². The molecule has 314 valence electrons. The lowest BCUT2D eigenvalue weighted by Crippen LogP contribution is -2.61. The molecule has 5 nitrogen and oxygen atoms in total. The van der Waals surface area contributed by atoms with Gasteiger partial charge in [-0.05, 0) is 147 Å². The van der Waals surface area contributed by atoms with Gasteiger partial charge in [-0.2, -0.15) is 10.5 Å². The molecule has 0 fully saturated rings. The molecule has 0 radical (unpaired) electrons. The van der Waals surface area contributed by atoms with Crippen LogP contribution in [0, 0.1) is 22.7 Å². The minimum absolute atomic E-state index is 0.0338. The molecule has 0 unspecified atom stereocenters. The number of nitriles is 2. The lowest BCUT2D eigenvalue weighted by Gasteiger charge is -2.44. The van der Waals surface area contributed by atoms with Crippen LogP contribution in [-0.4, -0.2) is 11.3 Å². The van der Waals surface area contributed by atoms with E-state index in [0.717, 1.165) is 83.6 Å². The van der Waals surface area contributed by atoms with Crippen LogP contribution in [0.2, 0.25) is 0 Å². The Hall–Kier alpha value is -9.36. The van der Waals surface area contributed by atoms with E-state index in [2.05, 4.69) is 215 Å². The highest BCUT2D eigenvalue weighted by molar-refractivity contribution is 7.00. The van der Waals surface area contributed by atoms with E-state index >= 15 is 0 Å². The fourth-order valence-electron chi connectivity index (χ4n) is 10.9. The second-order valence-electron chi connectivity index (χ2n) is 17.5. The van der Waals surface area contributed by atoms with Gasteiger partial charge in [0.25, 0.3) is 6.71 Å². The van der Waals surface area contributed by atoms with Crippen molar-refractivity contribution in [1.82, 2.24) is 4.57 Å². The second kappa shape index (κ2) is 15.7. The SMILES string of the molecule is N#Cc1cccc(-c2ccc(-n3c4ccccc4c4cc(-c5cc6c7c(c5)N(c5ccccc5)c5ccccc5B7c5ccccc5N6c5ccccc5)ccc43)c(-c3cccc(C#N)c3)c2)c1. The van der Waals surface area contributed by atoms with E-state index in [-0.39, 0.29) is 6.71 Å². The van der Waals surface area contributed by atoms with E-state index in [1.54, 1.807) is 0 Å². The molecule has 13 rings (SSSR count). The first-order valence-electron chi connectivity index (χ1n) is 22.9. The summed E-state index contributed by atoms with van der Waals surface area (Å²) in [5.41, 5.74) is 21.2. The smallest absolute Gasteiger partial charge is 0.252 e. The lowest BCUT2D eigenvalue weighted by molar-refractivity contribution is 1.18. The Bertz CT molecular complexity index is 3800. The highest BCUT2D eigenvalue weighted by atomic mass is 15.2. The number of fused-ring (bicyclic) bond motifs is 7. The molecule has 1 aromatic heterocycles. The van der Waals surface area contributed by atoms with Gasteiger partial charge in [0, 0.05) is 50.5 Å². The summed E-state index contributed by atoms with van der Waals surface area (Å²) in [5, 5.41) is 22.0. The molecule has 2 aliphatic heterocycles. The Morgan fingerprint density at radius 1 is 0.338 bits per heavy atom. The van der Waals surface area contributed by atoms with Gasteiger partial charge in [-0.25, -0.2) is 0 Å². The Kier molecular flexibility index (Phi) is 9.00. The molecule has 0 N–H and O–H groups in total. The summed E-state index contributed by atoms with van der Waals surface area (Å²) in [5.74, 6) is 0. The van der Waals surface area contributed by atoms with Crippen molar-refractivity contribution in [2.45, 2.75) is 0 Å². The van der Waals surface area contributed by atoms with Crippen LogP contribution in [-0.2, 0) is 0 Å². The molecule has 68 heavy (non-hydrogen) atoms. The van der Waals surface area contributed by atoms with Crippen LogP contribution in [0.5, 0.6) is 0 Å². The van der Waals surface area contributed by atoms with Gasteiger partial charge in [0.2, 0.25) is 0 Å². The maximum absolute atomic E-state index is 10.0. The lowest BCUT2D eigenvalue weighted by atomic mass is 9.33. The molecule has 10 aromatic carbocycles. The fraction of sp³-hybridized carbons (Fsp3) is 0. The number of benzene rings is 10. The van der Waals surface area contributed by atoms with E-state index in [9.17, 15) is 10.5 Å². The molecule has 0 spiro atoms. The predicted octanol–water partition coefficient (Wildman–Crippen LogP) is 13.6. The van der Waals surface area contributed by atoms with Gasteiger partial charge in [0.1, 0.15) is 0 Å². The summed E-state index contributed by atoms with van der Waals surface area (Å²) < 4.78 is 2.36. The molecule has 11 aromatic rings. The average Bonchev–Trinajstić information content (AvgIpc) is 3.74. The van der Waals surface area contributed by atoms with Crippen molar-refractivity contribution in [2.24, 2.45) is 0 Å². The molecule has 0 aliphatic carbocycles. The van der Waals surface area contributed by atoms with Gasteiger partial charge < -0.3 is 14.4 Å². The Morgan fingerprint density at radius 2 is 0.853 bits per heavy atom. The Balaban J connectivity index is 1.06. The molecule has 6 heteroatoms. The van der Waals surface area contributed by atoms with Gasteiger partial charge >= 0.3 is 0 Å². The van der Waals surface area contributed by atoms with E-state index < -0.39 is 0 Å². The molecular weight excluding hydrogens is 826 g/mol. The summed E-state index contributed by atoms with van der Waals surface area (Å²) in [6, 6.07) is 86.4. The quantitative estimate of drug-likeness (QED) is 0.156. The van der Waals surface area contributed by atoms with Crippen LogP contribution in [0.3, 0.4) is 0 Å². The molecule has 0 atom stereocenters. The van der Waals surface area contributed by atoms with Crippen molar-refractivity contribution < 1.29 is 0 Å². The Morgan fingerprint density at radius 3 is 1.50 bits per heavy atom. The predicted molar refractivity (Wildman–Crippen MR) is 281 cm³/mol. The summed E-state index contributed by atoms with van der Waals surface area (Å²) in [6.45, 7) is 0.0338. The van der Waals surface area contributed by atoms with Crippen molar-refractivity contribution in [3.63, 3.8) is 0 Å². The van der Waals surface area contributed by atoms with Crippen molar-refractivity contribution in [3.8, 4) is 51.2 Å². The number of hydrogen-bond donors (Lipinski definition) is 0. The zero-order valence-electron chi connectivity index (χ0n) is 36.8. The number of anilines is 6. The molecule has 0 saturated heterocycles. The minimum atomic E-state index is 0.0338. The van der Waals surface area contributed by atoms with Crippen LogP contribution in [0.15, 0.2) is 231 Å². The largest absolute Gasteiger partial charge is 0.311 e. The van der Waals surface area contributed by atoms with Crippen molar-refractivity contribution in [2.75, 3.05) is 9.80 Å². The topological polar surface area (TPSA) is 59.0 Å². The minimum Gasteiger partial charge on any atom is -0.311 e. The summed E-state index contributed by atoms with van der Waals surface area (Å²) in [6.07, 6.45) is 0. The third-order valence-corrected chi connectivity index (χ3v) is 13.8. The van der Waals surface area contributed by atoms with Gasteiger partial charge in [-0.3, -0.25) is 0 Å². The Labute approximate surface area is 395 Å². The summed E-state index contributed by atoms with van der Waals surface area (Å²) >= 11 is 0. The first-order valence-corrected chi connectivity index (χ1v) is 22.9. The number of nitrogens with zero attached hydrogens (tertiary/aromatic N) is 5. The van der Waals surface area contributed by atoms with Crippen molar-refractivity contribution in [1.29, 1.82) is 10.5 Å². The third kappa shape index (κ3) is 6.09. The van der Waals surface area contributed by atoms with Gasteiger partial charge in [0.15, 0.2) is 0 Å². The maximum Gasteiger partial charge on any atom is 0.252 e. The molecular formula is C62H38BN5. The average molecular weight is 864 g/mol. The molecule has 0 saturated carbocycles. The highest BCUT2D eigenvalue weighted by Gasteiger charge is 2.43. The third-order valence-electron chi connectivity index (χ3n) is 13.8. The molecule has 2 aliphatic rings. The van der Waals surface area contributed by atoms with Crippen LogP contribution in [0.4, 0.5) is 34.1 Å². The van der Waals surface area contributed by atoms with E-state index in [4.69, 9.17) is 0 Å². The first-order chi connectivity index (χ1) is 33.6. The normalized spacial score (nSPS) is 12.3. The number of para-hydroxylation sites is 5. The molecule has 3 heterocycles. The summed E-state index contributed by atoms with van der Waals surface area (Å²) in [7, 11) is 0. The monoisotopic (exact) mass is 863 g/mol. The van der Waals surface area contributed by atoms with Crippen LogP contribution in [0.1, 0.15) is 11.1 Å². The van der Waals surface area contributed by atoms with Crippen LogP contribution in [0.25, 0.3) is 60.9 Å². The van der Waals surface area contributed by atoms with Gasteiger partial charge in [-0.1, -0.05) is 127 Å². The highest BCUT2D eigenvalue weighted by Crippen LogP contribution is 2.47. The number of aromatic nitrogens is 1. The second-order valence-corrected chi connectivity index (χ2v) is 17.5. The standard InChI is InChI=1S/C62H38BN5/c64-39-41-15-13-17-43(33-41)44-29-31-56(51(35-44)46-18-14-16-42(34-46)40-65)68-55-26-10-7-23-50(55)52-36-45(30-32-57(52)68)47-37-60-62-61(38-47)67(49-21-5-2-6-22-49)59-28-12-9-25-54(59)63(62)53-24-8-11-27-58(53)66(60)48-19-3-1-4-20-48/h1-38H. The molecule has 0 bridgehead atoms.